The molecule has 6 nitrogen and oxygen atoms in total. The van der Waals surface area contributed by atoms with Gasteiger partial charge in [-0.25, -0.2) is 0 Å². The van der Waals surface area contributed by atoms with Crippen molar-refractivity contribution in [3.05, 3.63) is 65.4 Å². The number of hydrogen-bond donors (Lipinski definition) is 0. The summed E-state index contributed by atoms with van der Waals surface area (Å²) < 4.78 is 16.2. The highest BCUT2D eigenvalue weighted by molar-refractivity contribution is 5.78. The topological polar surface area (TPSA) is 78.6 Å². The minimum Gasteiger partial charge on any atom is -0.466 e. The normalized spacial score (nSPS) is 14.4. The SMILES string of the molecule is CCOC(=O)CC1(c2ccc(-c3ccc(-c4onc(C)c4CC(=O)OC(C)(C)C)cc3)cc2)CC1. The predicted molar refractivity (Wildman–Crippen MR) is 134 cm³/mol. The van der Waals surface area contributed by atoms with Crippen molar-refractivity contribution in [2.75, 3.05) is 6.61 Å². The second-order valence-electron chi connectivity index (χ2n) is 10.3. The minimum atomic E-state index is -0.544. The van der Waals surface area contributed by atoms with Gasteiger partial charge in [0.05, 0.1) is 25.1 Å². The molecule has 0 unspecified atom stereocenters. The lowest BCUT2D eigenvalue weighted by Gasteiger charge is -2.19. The Kier molecular flexibility index (Phi) is 6.84. The molecule has 0 N–H and O–H groups in total. The van der Waals surface area contributed by atoms with Gasteiger partial charge in [0.1, 0.15) is 5.60 Å². The highest BCUT2D eigenvalue weighted by Crippen LogP contribution is 2.51. The first-order chi connectivity index (χ1) is 16.6. The van der Waals surface area contributed by atoms with Crippen molar-refractivity contribution >= 4 is 11.9 Å². The number of hydrogen-bond acceptors (Lipinski definition) is 6. The first-order valence-electron chi connectivity index (χ1n) is 12.1. The Morgan fingerprint density at radius 1 is 0.943 bits per heavy atom. The molecule has 1 aliphatic rings. The number of rotatable bonds is 8. The molecule has 6 heteroatoms. The van der Waals surface area contributed by atoms with Gasteiger partial charge in [0.15, 0.2) is 5.76 Å². The summed E-state index contributed by atoms with van der Waals surface area (Å²) in [6.45, 7) is 9.63. The van der Waals surface area contributed by atoms with Gasteiger partial charge < -0.3 is 14.0 Å². The lowest BCUT2D eigenvalue weighted by molar-refractivity contribution is -0.154. The van der Waals surface area contributed by atoms with E-state index in [2.05, 4.69) is 29.4 Å². The van der Waals surface area contributed by atoms with E-state index in [1.165, 1.54) is 5.56 Å². The first kappa shape index (κ1) is 24.7. The third-order valence-electron chi connectivity index (χ3n) is 6.35. The molecule has 2 aromatic carbocycles. The van der Waals surface area contributed by atoms with Crippen LogP contribution in [0.3, 0.4) is 0 Å². The number of carbonyl (C=O) groups is 2. The maximum atomic E-state index is 12.4. The van der Waals surface area contributed by atoms with Gasteiger partial charge in [0.25, 0.3) is 0 Å². The second kappa shape index (κ2) is 9.68. The van der Waals surface area contributed by atoms with E-state index >= 15 is 0 Å². The molecule has 35 heavy (non-hydrogen) atoms. The van der Waals surface area contributed by atoms with Crippen LogP contribution in [0.5, 0.6) is 0 Å². The summed E-state index contributed by atoms with van der Waals surface area (Å²) in [5.41, 5.74) is 5.03. The average Bonchev–Trinajstić information content (AvgIpc) is 3.49. The van der Waals surface area contributed by atoms with E-state index in [1.54, 1.807) is 0 Å². The molecule has 1 heterocycles. The average molecular weight is 476 g/mol. The van der Waals surface area contributed by atoms with Crippen molar-refractivity contribution in [2.45, 2.75) is 71.3 Å². The molecule has 1 aromatic heterocycles. The van der Waals surface area contributed by atoms with Crippen LogP contribution in [0.4, 0.5) is 0 Å². The van der Waals surface area contributed by atoms with E-state index in [-0.39, 0.29) is 23.8 Å². The van der Waals surface area contributed by atoms with Gasteiger partial charge in [-0.2, -0.15) is 0 Å². The molecule has 0 spiro atoms. The summed E-state index contributed by atoms with van der Waals surface area (Å²) in [4.78, 5) is 24.4. The van der Waals surface area contributed by atoms with E-state index in [9.17, 15) is 9.59 Å². The smallest absolute Gasteiger partial charge is 0.310 e. The van der Waals surface area contributed by atoms with Gasteiger partial charge in [0, 0.05) is 16.5 Å². The zero-order chi connectivity index (χ0) is 25.2. The highest BCUT2D eigenvalue weighted by Gasteiger charge is 2.46. The summed E-state index contributed by atoms with van der Waals surface area (Å²) >= 11 is 0. The number of nitrogens with zero attached hydrogens (tertiary/aromatic N) is 1. The predicted octanol–water partition coefficient (Wildman–Crippen LogP) is 6.19. The molecule has 0 radical (unpaired) electrons. The Balaban J connectivity index is 1.49. The number of ether oxygens (including phenoxy) is 2. The number of carbonyl (C=O) groups excluding carboxylic acids is 2. The van der Waals surface area contributed by atoms with E-state index in [0.717, 1.165) is 35.1 Å². The molecule has 0 aliphatic heterocycles. The highest BCUT2D eigenvalue weighted by atomic mass is 16.6. The largest absolute Gasteiger partial charge is 0.466 e. The fraction of sp³-hybridized carbons (Fsp3) is 0.414. The molecule has 4 rings (SSSR count). The third-order valence-corrected chi connectivity index (χ3v) is 6.35. The van der Waals surface area contributed by atoms with Crippen molar-refractivity contribution in [3.63, 3.8) is 0 Å². The Labute approximate surface area is 206 Å². The van der Waals surface area contributed by atoms with Crippen LogP contribution >= 0.6 is 0 Å². The molecule has 184 valence electrons. The Bertz CT molecular complexity index is 1200. The van der Waals surface area contributed by atoms with Gasteiger partial charge in [-0.05, 0) is 64.2 Å². The molecule has 3 aromatic rings. The van der Waals surface area contributed by atoms with Crippen molar-refractivity contribution in [3.8, 4) is 22.5 Å². The van der Waals surface area contributed by atoms with Crippen LogP contribution in [-0.4, -0.2) is 29.3 Å². The van der Waals surface area contributed by atoms with Crippen LogP contribution in [-0.2, 0) is 30.9 Å². The summed E-state index contributed by atoms with van der Waals surface area (Å²) in [6.07, 6.45) is 2.58. The maximum absolute atomic E-state index is 12.4. The second-order valence-corrected chi connectivity index (χ2v) is 10.3. The van der Waals surface area contributed by atoms with Crippen molar-refractivity contribution in [1.82, 2.24) is 5.16 Å². The Morgan fingerprint density at radius 3 is 2.06 bits per heavy atom. The molecule has 0 bridgehead atoms. The first-order valence-corrected chi connectivity index (χ1v) is 12.1. The summed E-state index contributed by atoms with van der Waals surface area (Å²) in [7, 11) is 0. The molecule has 0 saturated heterocycles. The number of aryl methyl sites for hydroxylation is 1. The number of benzene rings is 2. The summed E-state index contributed by atoms with van der Waals surface area (Å²) in [6, 6.07) is 16.5. The van der Waals surface area contributed by atoms with Gasteiger partial charge >= 0.3 is 11.9 Å². The molecular formula is C29H33NO5. The van der Waals surface area contributed by atoms with Crippen molar-refractivity contribution in [1.29, 1.82) is 0 Å². The number of aromatic nitrogens is 1. The van der Waals surface area contributed by atoms with Crippen LogP contribution in [0.1, 0.15) is 63.8 Å². The van der Waals surface area contributed by atoms with Crippen LogP contribution in [0.2, 0.25) is 0 Å². The van der Waals surface area contributed by atoms with Crippen LogP contribution in [0.25, 0.3) is 22.5 Å². The van der Waals surface area contributed by atoms with Gasteiger partial charge in [0.2, 0.25) is 0 Å². The zero-order valence-electron chi connectivity index (χ0n) is 21.1. The van der Waals surface area contributed by atoms with Crippen molar-refractivity contribution < 1.29 is 23.6 Å². The fourth-order valence-electron chi connectivity index (χ4n) is 4.38. The minimum absolute atomic E-state index is 0.0661. The van der Waals surface area contributed by atoms with E-state index < -0.39 is 5.60 Å². The quantitative estimate of drug-likeness (QED) is 0.362. The van der Waals surface area contributed by atoms with Crippen LogP contribution in [0.15, 0.2) is 53.1 Å². The standard InChI is InChI=1S/C29H33NO5/c1-6-33-26(32)18-29(15-16-29)23-13-11-21(12-14-23)20-7-9-22(10-8-20)27-24(19(2)30-35-27)17-25(31)34-28(3,4)5/h7-14H,6,15-18H2,1-5H3. The summed E-state index contributed by atoms with van der Waals surface area (Å²) in [5.74, 6) is 0.154. The lowest BCUT2D eigenvalue weighted by Crippen LogP contribution is -2.25. The Hall–Kier alpha value is -3.41. The molecule has 1 fully saturated rings. The molecule has 0 atom stereocenters. The van der Waals surface area contributed by atoms with Crippen molar-refractivity contribution in [2.24, 2.45) is 0 Å². The molecule has 1 saturated carbocycles. The maximum Gasteiger partial charge on any atom is 0.310 e. The molecule has 1 aliphatic carbocycles. The Morgan fingerprint density at radius 2 is 1.51 bits per heavy atom. The van der Waals surface area contributed by atoms with Crippen LogP contribution < -0.4 is 0 Å². The van der Waals surface area contributed by atoms with E-state index in [1.807, 2.05) is 58.9 Å². The van der Waals surface area contributed by atoms with E-state index in [0.29, 0.717) is 24.5 Å². The molecule has 0 amide bonds. The monoisotopic (exact) mass is 475 g/mol. The van der Waals surface area contributed by atoms with E-state index in [4.69, 9.17) is 14.0 Å². The molecular weight excluding hydrogens is 442 g/mol. The van der Waals surface area contributed by atoms with Crippen LogP contribution in [0, 0.1) is 6.92 Å². The van der Waals surface area contributed by atoms with Gasteiger partial charge in [-0.3, -0.25) is 9.59 Å². The summed E-state index contributed by atoms with van der Waals surface area (Å²) in [5, 5.41) is 4.08. The van der Waals surface area contributed by atoms with Gasteiger partial charge in [-0.15, -0.1) is 0 Å². The zero-order valence-corrected chi connectivity index (χ0v) is 21.1. The third kappa shape index (κ3) is 5.81. The number of esters is 2. The van der Waals surface area contributed by atoms with Gasteiger partial charge in [-0.1, -0.05) is 53.7 Å². The lowest BCUT2D eigenvalue weighted by atomic mass is 9.90. The fourth-order valence-corrected chi connectivity index (χ4v) is 4.38.